The molecule has 0 spiro atoms. The maximum atomic E-state index is 13.4. The van der Waals surface area contributed by atoms with Crippen molar-refractivity contribution in [2.24, 2.45) is 5.73 Å². The first-order valence-corrected chi connectivity index (χ1v) is 5.03. The number of benzene rings is 1. The van der Waals surface area contributed by atoms with Crippen molar-refractivity contribution in [2.75, 3.05) is 0 Å². The Morgan fingerprint density at radius 1 is 1.37 bits per heavy atom. The summed E-state index contributed by atoms with van der Waals surface area (Å²) in [6.07, 6.45) is 1.18. The Bertz CT molecular complexity index is 630. The van der Waals surface area contributed by atoms with E-state index in [0.717, 1.165) is 6.07 Å². The zero-order valence-electron chi connectivity index (χ0n) is 9.41. The van der Waals surface area contributed by atoms with Gasteiger partial charge in [0, 0.05) is 18.0 Å². The molecule has 2 aromatic rings. The molecule has 0 aliphatic heterocycles. The number of carboxylic acid groups (broad SMARTS) is 1. The highest BCUT2D eigenvalue weighted by atomic mass is 35.5. The Morgan fingerprint density at radius 3 is 2.58 bits per heavy atom. The van der Waals surface area contributed by atoms with Gasteiger partial charge in [-0.1, -0.05) is 0 Å². The second-order valence-electron chi connectivity index (χ2n) is 3.87. The highest BCUT2D eigenvalue weighted by Crippen LogP contribution is 2.25. The maximum absolute atomic E-state index is 13.4. The molecule has 1 unspecified atom stereocenters. The molecule has 4 N–H and O–H groups in total. The Hall–Kier alpha value is -1.73. The summed E-state index contributed by atoms with van der Waals surface area (Å²) in [5.41, 5.74) is 5.44. The minimum Gasteiger partial charge on any atom is -0.480 e. The van der Waals surface area contributed by atoms with Crippen molar-refractivity contribution in [1.82, 2.24) is 4.98 Å². The van der Waals surface area contributed by atoms with Crippen molar-refractivity contribution in [3.63, 3.8) is 0 Å². The average Bonchev–Trinajstić information content (AvgIpc) is 2.69. The molecule has 1 aromatic carbocycles. The van der Waals surface area contributed by atoms with Crippen molar-refractivity contribution in [2.45, 2.75) is 12.5 Å². The minimum atomic E-state index is -1.57. The Kier molecular flexibility index (Phi) is 4.43. The summed E-state index contributed by atoms with van der Waals surface area (Å²) in [4.78, 5) is 13.0. The molecule has 0 aliphatic rings. The van der Waals surface area contributed by atoms with Crippen molar-refractivity contribution in [1.29, 1.82) is 0 Å². The lowest BCUT2D eigenvalue weighted by atomic mass is 10.1. The monoisotopic (exact) mass is 294 g/mol. The standard InChI is InChI=1S/C11H9F3N2O2.ClH/c12-6-2-5-4(1-7(15)11(17)18)3-16-10(5)9(14)8(6)13;/h2-3,7,16H,1,15H2,(H,17,18);1H. The second kappa shape index (κ2) is 5.50. The molecule has 0 amide bonds. The van der Waals surface area contributed by atoms with Crippen LogP contribution in [0.25, 0.3) is 10.9 Å². The largest absolute Gasteiger partial charge is 0.480 e. The van der Waals surface area contributed by atoms with Crippen molar-refractivity contribution in [3.05, 3.63) is 35.3 Å². The number of carbonyl (C=O) groups is 1. The van der Waals surface area contributed by atoms with Crippen molar-refractivity contribution < 1.29 is 23.1 Å². The van der Waals surface area contributed by atoms with Crippen LogP contribution in [0, 0.1) is 17.5 Å². The van der Waals surface area contributed by atoms with Gasteiger partial charge in [-0.3, -0.25) is 4.79 Å². The maximum Gasteiger partial charge on any atom is 0.320 e. The van der Waals surface area contributed by atoms with Crippen LogP contribution < -0.4 is 5.73 Å². The molecule has 1 heterocycles. The SMILES string of the molecule is Cl.NC(Cc1c[nH]c2c(F)c(F)c(F)cc12)C(=O)O. The number of halogens is 4. The molecule has 1 atom stereocenters. The van der Waals surface area contributed by atoms with Crippen LogP contribution in [-0.2, 0) is 11.2 Å². The first kappa shape index (κ1) is 15.3. The van der Waals surface area contributed by atoms with Gasteiger partial charge >= 0.3 is 5.97 Å². The van der Waals surface area contributed by atoms with Crippen LogP contribution in [-0.4, -0.2) is 22.1 Å². The fraction of sp³-hybridized carbons (Fsp3) is 0.182. The van der Waals surface area contributed by atoms with Gasteiger partial charge in [0.2, 0.25) is 0 Å². The normalized spacial score (nSPS) is 12.2. The number of carboxylic acids is 1. The van der Waals surface area contributed by atoms with E-state index in [4.69, 9.17) is 10.8 Å². The summed E-state index contributed by atoms with van der Waals surface area (Å²) >= 11 is 0. The lowest BCUT2D eigenvalue weighted by Gasteiger charge is -2.05. The topological polar surface area (TPSA) is 79.1 Å². The molecular weight excluding hydrogens is 285 g/mol. The number of H-pyrrole nitrogens is 1. The molecule has 0 saturated heterocycles. The lowest BCUT2D eigenvalue weighted by molar-refractivity contribution is -0.138. The lowest BCUT2D eigenvalue weighted by Crippen LogP contribution is -2.32. The molecule has 0 bridgehead atoms. The molecule has 1 aromatic heterocycles. The van der Waals surface area contributed by atoms with Gasteiger partial charge in [0.15, 0.2) is 17.5 Å². The first-order chi connectivity index (χ1) is 8.41. The van der Waals surface area contributed by atoms with Crippen LogP contribution in [0.15, 0.2) is 12.3 Å². The quantitative estimate of drug-likeness (QED) is 0.757. The van der Waals surface area contributed by atoms with E-state index >= 15 is 0 Å². The third kappa shape index (κ3) is 2.66. The van der Waals surface area contributed by atoms with Gasteiger partial charge in [-0.25, -0.2) is 13.2 Å². The molecule has 0 radical (unpaired) electrons. The molecule has 104 valence electrons. The molecule has 0 aliphatic carbocycles. The Labute approximate surface area is 111 Å². The number of hydrogen-bond acceptors (Lipinski definition) is 2. The smallest absolute Gasteiger partial charge is 0.320 e. The van der Waals surface area contributed by atoms with E-state index in [1.54, 1.807) is 0 Å². The summed E-state index contributed by atoms with van der Waals surface area (Å²) < 4.78 is 39.4. The van der Waals surface area contributed by atoms with Gasteiger partial charge in [-0.05, 0) is 11.6 Å². The van der Waals surface area contributed by atoms with Gasteiger partial charge in [0.05, 0.1) is 5.52 Å². The van der Waals surface area contributed by atoms with Crippen LogP contribution in [0.5, 0.6) is 0 Å². The average molecular weight is 295 g/mol. The molecular formula is C11H10ClF3N2O2. The van der Waals surface area contributed by atoms with Crippen LogP contribution >= 0.6 is 12.4 Å². The van der Waals surface area contributed by atoms with E-state index in [-0.39, 0.29) is 29.7 Å². The third-order valence-corrected chi connectivity index (χ3v) is 2.66. The van der Waals surface area contributed by atoms with Gasteiger partial charge in [0.1, 0.15) is 6.04 Å². The number of aliphatic carboxylic acids is 1. The molecule has 0 saturated carbocycles. The molecule has 4 nitrogen and oxygen atoms in total. The summed E-state index contributed by atoms with van der Waals surface area (Å²) in [5.74, 6) is -5.46. The number of rotatable bonds is 3. The van der Waals surface area contributed by atoms with Gasteiger partial charge in [0.25, 0.3) is 0 Å². The summed E-state index contributed by atoms with van der Waals surface area (Å²) in [7, 11) is 0. The highest BCUT2D eigenvalue weighted by Gasteiger charge is 2.19. The number of fused-ring (bicyclic) bond motifs is 1. The predicted octanol–water partition coefficient (Wildman–Crippen LogP) is 1.96. The highest BCUT2D eigenvalue weighted by molar-refractivity contribution is 5.85. The summed E-state index contributed by atoms with van der Waals surface area (Å²) in [6, 6.07) is -0.381. The van der Waals surface area contributed by atoms with Crippen LogP contribution in [0.1, 0.15) is 5.56 Å². The van der Waals surface area contributed by atoms with E-state index in [1.165, 1.54) is 6.20 Å². The summed E-state index contributed by atoms with van der Waals surface area (Å²) in [5, 5.41) is 8.75. The molecule has 19 heavy (non-hydrogen) atoms. The third-order valence-electron chi connectivity index (χ3n) is 2.66. The first-order valence-electron chi connectivity index (χ1n) is 5.03. The number of nitrogens with one attached hydrogen (secondary N) is 1. The van der Waals surface area contributed by atoms with Crippen LogP contribution in [0.4, 0.5) is 13.2 Å². The van der Waals surface area contributed by atoms with Crippen molar-refractivity contribution >= 4 is 29.3 Å². The molecule has 8 heteroatoms. The van der Waals surface area contributed by atoms with E-state index in [1.807, 2.05) is 0 Å². The van der Waals surface area contributed by atoms with E-state index in [9.17, 15) is 18.0 Å². The zero-order chi connectivity index (χ0) is 13.4. The van der Waals surface area contributed by atoms with Crippen LogP contribution in [0.3, 0.4) is 0 Å². The Morgan fingerprint density at radius 2 is 2.00 bits per heavy atom. The zero-order valence-corrected chi connectivity index (χ0v) is 10.2. The number of nitrogens with two attached hydrogens (primary N) is 1. The fourth-order valence-corrected chi connectivity index (χ4v) is 1.72. The molecule has 2 rings (SSSR count). The second-order valence-corrected chi connectivity index (χ2v) is 3.87. The van der Waals surface area contributed by atoms with E-state index in [0.29, 0.717) is 5.56 Å². The van der Waals surface area contributed by atoms with Crippen LogP contribution in [0.2, 0.25) is 0 Å². The predicted molar refractivity (Wildman–Crippen MR) is 64.7 cm³/mol. The number of hydrogen-bond donors (Lipinski definition) is 3. The van der Waals surface area contributed by atoms with E-state index in [2.05, 4.69) is 4.98 Å². The molecule has 0 fully saturated rings. The fourth-order valence-electron chi connectivity index (χ4n) is 1.72. The van der Waals surface area contributed by atoms with Gasteiger partial charge in [-0.15, -0.1) is 12.4 Å². The minimum absolute atomic E-state index is 0. The summed E-state index contributed by atoms with van der Waals surface area (Å²) in [6.45, 7) is 0. The number of aromatic nitrogens is 1. The van der Waals surface area contributed by atoms with Gasteiger partial charge in [-0.2, -0.15) is 0 Å². The Balaban J connectivity index is 0.00000180. The number of aromatic amines is 1. The van der Waals surface area contributed by atoms with Gasteiger partial charge < -0.3 is 15.8 Å². The van der Waals surface area contributed by atoms with Crippen molar-refractivity contribution in [3.8, 4) is 0 Å². The van der Waals surface area contributed by atoms with E-state index < -0.39 is 29.5 Å².